The minimum absolute atomic E-state index is 0.188. The van der Waals surface area contributed by atoms with Crippen molar-refractivity contribution in [2.24, 2.45) is 0 Å². The van der Waals surface area contributed by atoms with Crippen LogP contribution in [0.5, 0.6) is 5.75 Å². The number of ether oxygens (including phenoxy) is 1. The van der Waals surface area contributed by atoms with Crippen LogP contribution in [0.1, 0.15) is 18.0 Å². The Bertz CT molecular complexity index is 332. The standard InChI is InChI=1S/C11H13NO2/c1-14-10-4-2-8(3-5-10)11-6-9(13)7-12-11/h2-5,11-12H,6-7H2,1H3. The first-order valence-electron chi connectivity index (χ1n) is 4.68. The lowest BCUT2D eigenvalue weighted by molar-refractivity contribution is -0.116. The number of carbonyl (C=O) groups excluding carboxylic acids is 1. The molecule has 1 aliphatic heterocycles. The summed E-state index contributed by atoms with van der Waals surface area (Å²) in [5.41, 5.74) is 1.15. The summed E-state index contributed by atoms with van der Waals surface area (Å²) in [5.74, 6) is 1.13. The van der Waals surface area contributed by atoms with Gasteiger partial charge in [-0.25, -0.2) is 0 Å². The van der Waals surface area contributed by atoms with Crippen LogP contribution >= 0.6 is 0 Å². The van der Waals surface area contributed by atoms with Gasteiger partial charge in [0.05, 0.1) is 13.7 Å². The Labute approximate surface area is 83.1 Å². The zero-order chi connectivity index (χ0) is 9.97. The minimum atomic E-state index is 0.188. The molecule has 1 aromatic rings. The molecule has 1 fully saturated rings. The van der Waals surface area contributed by atoms with Crippen LogP contribution in [0.25, 0.3) is 0 Å². The van der Waals surface area contributed by atoms with Gasteiger partial charge < -0.3 is 10.1 Å². The Morgan fingerprint density at radius 1 is 1.36 bits per heavy atom. The highest BCUT2D eigenvalue weighted by atomic mass is 16.5. The van der Waals surface area contributed by atoms with Crippen molar-refractivity contribution in [3.05, 3.63) is 29.8 Å². The van der Waals surface area contributed by atoms with Gasteiger partial charge in [-0.2, -0.15) is 0 Å². The number of benzene rings is 1. The number of nitrogens with one attached hydrogen (secondary N) is 1. The zero-order valence-corrected chi connectivity index (χ0v) is 8.12. The largest absolute Gasteiger partial charge is 0.497 e. The zero-order valence-electron chi connectivity index (χ0n) is 8.12. The highest BCUT2D eigenvalue weighted by molar-refractivity contribution is 5.83. The smallest absolute Gasteiger partial charge is 0.148 e. The lowest BCUT2D eigenvalue weighted by atomic mass is 10.1. The first-order valence-corrected chi connectivity index (χ1v) is 4.68. The molecule has 0 amide bonds. The molecule has 0 spiro atoms. The molecule has 1 aromatic carbocycles. The summed E-state index contributed by atoms with van der Waals surface area (Å²) in [6.07, 6.45) is 0.604. The Hall–Kier alpha value is -1.35. The van der Waals surface area contributed by atoms with Crippen LogP contribution in [0.3, 0.4) is 0 Å². The van der Waals surface area contributed by atoms with Crippen molar-refractivity contribution in [2.45, 2.75) is 12.5 Å². The molecule has 0 bridgehead atoms. The van der Waals surface area contributed by atoms with Gasteiger partial charge in [-0.15, -0.1) is 0 Å². The van der Waals surface area contributed by atoms with Gasteiger partial charge in [-0.3, -0.25) is 4.79 Å². The van der Waals surface area contributed by atoms with Gasteiger partial charge in [-0.1, -0.05) is 12.1 Å². The summed E-state index contributed by atoms with van der Waals surface area (Å²) in [6, 6.07) is 8.01. The minimum Gasteiger partial charge on any atom is -0.497 e. The quantitative estimate of drug-likeness (QED) is 0.765. The summed E-state index contributed by atoms with van der Waals surface area (Å²) in [4.78, 5) is 11.1. The summed E-state index contributed by atoms with van der Waals surface area (Å²) >= 11 is 0. The van der Waals surface area contributed by atoms with Gasteiger partial charge in [0.2, 0.25) is 0 Å². The number of rotatable bonds is 2. The van der Waals surface area contributed by atoms with E-state index in [1.54, 1.807) is 7.11 Å². The van der Waals surface area contributed by atoms with Gasteiger partial charge in [0.15, 0.2) is 0 Å². The fourth-order valence-electron chi connectivity index (χ4n) is 1.68. The molecule has 1 N–H and O–H groups in total. The van der Waals surface area contributed by atoms with E-state index in [0.717, 1.165) is 11.3 Å². The predicted molar refractivity (Wildman–Crippen MR) is 53.4 cm³/mol. The van der Waals surface area contributed by atoms with Gasteiger partial charge in [0.25, 0.3) is 0 Å². The molecule has 2 rings (SSSR count). The molecule has 3 heteroatoms. The maximum Gasteiger partial charge on any atom is 0.148 e. The van der Waals surface area contributed by atoms with Crippen molar-refractivity contribution in [1.29, 1.82) is 0 Å². The Kier molecular flexibility index (Phi) is 2.50. The third-order valence-corrected chi connectivity index (χ3v) is 2.50. The maximum absolute atomic E-state index is 11.1. The number of hydrogen-bond donors (Lipinski definition) is 1. The molecule has 0 aromatic heterocycles. The number of carbonyl (C=O) groups is 1. The van der Waals surface area contributed by atoms with Crippen molar-refractivity contribution >= 4 is 5.78 Å². The van der Waals surface area contributed by atoms with Gasteiger partial charge >= 0.3 is 0 Å². The summed E-state index contributed by atoms with van der Waals surface area (Å²) < 4.78 is 5.07. The van der Waals surface area contributed by atoms with Gasteiger partial charge in [0.1, 0.15) is 11.5 Å². The third-order valence-electron chi connectivity index (χ3n) is 2.50. The molecule has 0 radical (unpaired) electrons. The average molecular weight is 191 g/mol. The molecule has 1 aliphatic rings. The predicted octanol–water partition coefficient (Wildman–Crippen LogP) is 1.30. The van der Waals surface area contributed by atoms with E-state index >= 15 is 0 Å². The Morgan fingerprint density at radius 3 is 2.57 bits per heavy atom. The number of methoxy groups -OCH3 is 1. The SMILES string of the molecule is COc1ccc(C2CC(=O)CN2)cc1. The monoisotopic (exact) mass is 191 g/mol. The van der Waals surface area contributed by atoms with Crippen molar-refractivity contribution in [1.82, 2.24) is 5.32 Å². The Morgan fingerprint density at radius 2 is 2.07 bits per heavy atom. The van der Waals surface area contributed by atoms with Crippen molar-refractivity contribution in [3.8, 4) is 5.75 Å². The molecule has 1 atom stereocenters. The molecule has 1 unspecified atom stereocenters. The van der Waals surface area contributed by atoms with E-state index < -0.39 is 0 Å². The van der Waals surface area contributed by atoms with Crippen LogP contribution in [0.2, 0.25) is 0 Å². The number of Topliss-reactive ketones (excluding diaryl/α,β-unsaturated/α-hetero) is 1. The number of ketones is 1. The highest BCUT2D eigenvalue weighted by Crippen LogP contribution is 2.23. The van der Waals surface area contributed by atoms with E-state index in [2.05, 4.69) is 5.32 Å². The van der Waals surface area contributed by atoms with E-state index in [4.69, 9.17) is 4.74 Å². The van der Waals surface area contributed by atoms with E-state index in [-0.39, 0.29) is 11.8 Å². The first kappa shape index (κ1) is 9.21. The highest BCUT2D eigenvalue weighted by Gasteiger charge is 2.22. The average Bonchev–Trinajstić information content (AvgIpc) is 2.65. The molecule has 0 aliphatic carbocycles. The lowest BCUT2D eigenvalue weighted by Gasteiger charge is -2.09. The van der Waals surface area contributed by atoms with Crippen LogP contribution in [0.4, 0.5) is 0 Å². The van der Waals surface area contributed by atoms with Crippen molar-refractivity contribution < 1.29 is 9.53 Å². The second kappa shape index (κ2) is 3.80. The molecule has 14 heavy (non-hydrogen) atoms. The fraction of sp³-hybridized carbons (Fsp3) is 0.364. The lowest BCUT2D eigenvalue weighted by Crippen LogP contribution is -2.13. The fourth-order valence-corrected chi connectivity index (χ4v) is 1.68. The second-order valence-corrected chi connectivity index (χ2v) is 3.45. The van der Waals surface area contributed by atoms with Crippen LogP contribution in [-0.2, 0) is 4.79 Å². The van der Waals surface area contributed by atoms with Crippen LogP contribution < -0.4 is 10.1 Å². The van der Waals surface area contributed by atoms with Crippen molar-refractivity contribution in [2.75, 3.05) is 13.7 Å². The normalized spacial score (nSPS) is 21.2. The van der Waals surface area contributed by atoms with Crippen LogP contribution in [-0.4, -0.2) is 19.4 Å². The molecule has 0 saturated carbocycles. The van der Waals surface area contributed by atoms with Crippen LogP contribution in [0.15, 0.2) is 24.3 Å². The molecule has 74 valence electrons. The van der Waals surface area contributed by atoms with E-state index in [1.807, 2.05) is 24.3 Å². The Balaban J connectivity index is 2.13. The first-order chi connectivity index (χ1) is 6.79. The maximum atomic E-state index is 11.1. The third kappa shape index (κ3) is 1.77. The molecular weight excluding hydrogens is 178 g/mol. The van der Waals surface area contributed by atoms with Crippen molar-refractivity contribution in [3.63, 3.8) is 0 Å². The summed E-state index contributed by atoms with van der Waals surface area (Å²) in [5, 5.41) is 3.17. The second-order valence-electron chi connectivity index (χ2n) is 3.45. The summed E-state index contributed by atoms with van der Waals surface area (Å²) in [6.45, 7) is 0.497. The van der Waals surface area contributed by atoms with E-state index in [0.29, 0.717) is 13.0 Å². The van der Waals surface area contributed by atoms with E-state index in [9.17, 15) is 4.79 Å². The van der Waals surface area contributed by atoms with E-state index in [1.165, 1.54) is 0 Å². The molecular formula is C11H13NO2. The van der Waals surface area contributed by atoms with Gasteiger partial charge in [-0.05, 0) is 17.7 Å². The molecule has 1 saturated heterocycles. The van der Waals surface area contributed by atoms with Gasteiger partial charge in [0, 0.05) is 12.5 Å². The topological polar surface area (TPSA) is 38.3 Å². The molecule has 1 heterocycles. The molecule has 3 nitrogen and oxygen atoms in total. The summed E-state index contributed by atoms with van der Waals surface area (Å²) in [7, 11) is 1.65. The number of hydrogen-bond acceptors (Lipinski definition) is 3. The van der Waals surface area contributed by atoms with Crippen LogP contribution in [0, 0.1) is 0 Å².